The molecule has 1 atom stereocenters. The second-order valence-electron chi connectivity index (χ2n) is 7.83. The Balaban J connectivity index is 2.55. The normalized spacial score (nSPS) is 28.6. The summed E-state index contributed by atoms with van der Waals surface area (Å²) in [4.78, 5) is 12.8. The first-order valence-corrected chi connectivity index (χ1v) is 7.21. The van der Waals surface area contributed by atoms with Gasteiger partial charge in [-0.1, -0.05) is 47.6 Å². The van der Waals surface area contributed by atoms with Gasteiger partial charge >= 0.3 is 0 Å². The molecule has 0 saturated carbocycles. The van der Waals surface area contributed by atoms with Crippen LogP contribution in [0.4, 0.5) is 0 Å². The van der Waals surface area contributed by atoms with Crippen molar-refractivity contribution in [1.82, 2.24) is 0 Å². The van der Waals surface area contributed by atoms with Crippen LogP contribution < -0.4 is 0 Å². The molecule has 2 aliphatic rings. The minimum atomic E-state index is -0.681. The number of Topliss-reactive ketones (excluding diaryl/α,β-unsaturated/α-hetero) is 1. The van der Waals surface area contributed by atoms with Crippen LogP contribution in [0, 0.1) is 10.8 Å². The second-order valence-corrected chi connectivity index (χ2v) is 7.83. The van der Waals surface area contributed by atoms with Crippen LogP contribution in [0.25, 0.3) is 0 Å². The number of ether oxygens (including phenoxy) is 1. The maximum absolute atomic E-state index is 12.8. The lowest BCUT2D eigenvalue weighted by Crippen LogP contribution is -2.43. The highest BCUT2D eigenvalue weighted by Gasteiger charge is 2.47. The van der Waals surface area contributed by atoms with Crippen LogP contribution in [0.3, 0.4) is 0 Å². The van der Waals surface area contributed by atoms with Gasteiger partial charge in [-0.25, -0.2) is 0 Å². The number of hydrogen-bond donors (Lipinski definition) is 0. The third kappa shape index (κ3) is 2.55. The van der Waals surface area contributed by atoms with Gasteiger partial charge in [-0.05, 0) is 35.3 Å². The summed E-state index contributed by atoms with van der Waals surface area (Å²) in [6.45, 7) is 13.6. The zero-order chi connectivity index (χ0) is 14.5. The lowest BCUT2D eigenvalue weighted by Gasteiger charge is -2.37. The van der Waals surface area contributed by atoms with Crippen LogP contribution in [-0.4, -0.2) is 18.0 Å². The van der Waals surface area contributed by atoms with Crippen LogP contribution in [0.1, 0.15) is 54.4 Å². The summed E-state index contributed by atoms with van der Waals surface area (Å²) in [5.74, 6) is 0.172. The van der Waals surface area contributed by atoms with E-state index in [0.717, 1.165) is 18.4 Å². The van der Waals surface area contributed by atoms with E-state index in [9.17, 15) is 4.79 Å². The highest BCUT2D eigenvalue weighted by atomic mass is 16.5. The zero-order valence-corrected chi connectivity index (χ0v) is 13.1. The smallest absolute Gasteiger partial charge is 0.195 e. The van der Waals surface area contributed by atoms with Gasteiger partial charge in [0.25, 0.3) is 0 Å². The summed E-state index contributed by atoms with van der Waals surface area (Å²) in [6.07, 6.45) is 5.96. The zero-order valence-electron chi connectivity index (χ0n) is 13.1. The molecule has 0 aromatic heterocycles. The molecule has 1 unspecified atom stereocenters. The van der Waals surface area contributed by atoms with Gasteiger partial charge in [0, 0.05) is 12.2 Å². The number of allylic oxidation sites excluding steroid dienone is 2. The van der Waals surface area contributed by atoms with Crippen molar-refractivity contribution in [2.75, 3.05) is 6.61 Å². The first-order chi connectivity index (χ1) is 8.56. The fourth-order valence-electron chi connectivity index (χ4n) is 2.75. The molecule has 0 amide bonds. The molecule has 0 aromatic rings. The van der Waals surface area contributed by atoms with E-state index in [1.807, 2.05) is 0 Å². The predicted octanol–water partition coefficient (Wildman–Crippen LogP) is 4.06. The average Bonchev–Trinajstić information content (AvgIpc) is 2.68. The average molecular weight is 262 g/mol. The standard InChI is InChI=1S/C17H26O2/c1-15(2,3)12-10-13(16(4,5)6)14(18)17(11-12)8-7-9-19-17/h10-11H,7-9H2,1-6H3. The predicted molar refractivity (Wildman–Crippen MR) is 78.0 cm³/mol. The molecular formula is C17H26O2. The third-order valence-corrected chi connectivity index (χ3v) is 4.04. The summed E-state index contributed by atoms with van der Waals surface area (Å²) in [5, 5.41) is 0. The summed E-state index contributed by atoms with van der Waals surface area (Å²) in [5.41, 5.74) is 1.34. The van der Waals surface area contributed by atoms with Crippen molar-refractivity contribution in [3.63, 3.8) is 0 Å². The van der Waals surface area contributed by atoms with Gasteiger partial charge in [-0.15, -0.1) is 0 Å². The van der Waals surface area contributed by atoms with Gasteiger partial charge in [-0.3, -0.25) is 4.79 Å². The van der Waals surface area contributed by atoms with E-state index in [4.69, 9.17) is 4.74 Å². The molecule has 0 N–H and O–H groups in total. The number of carbonyl (C=O) groups is 1. The van der Waals surface area contributed by atoms with Crippen molar-refractivity contribution < 1.29 is 9.53 Å². The summed E-state index contributed by atoms with van der Waals surface area (Å²) in [7, 11) is 0. The van der Waals surface area contributed by atoms with Gasteiger partial charge in [-0.2, -0.15) is 0 Å². The molecule has 106 valence electrons. The number of rotatable bonds is 0. The van der Waals surface area contributed by atoms with Crippen LogP contribution in [-0.2, 0) is 9.53 Å². The Labute approximate surface area is 116 Å². The van der Waals surface area contributed by atoms with Crippen LogP contribution in [0.2, 0.25) is 0 Å². The molecule has 1 spiro atoms. The molecule has 1 saturated heterocycles. The Morgan fingerprint density at radius 3 is 2.16 bits per heavy atom. The van der Waals surface area contributed by atoms with E-state index in [2.05, 4.69) is 53.7 Å². The molecular weight excluding hydrogens is 236 g/mol. The van der Waals surface area contributed by atoms with Gasteiger partial charge in [0.05, 0.1) is 0 Å². The first kappa shape index (κ1) is 14.5. The summed E-state index contributed by atoms with van der Waals surface area (Å²) in [6, 6.07) is 0. The highest BCUT2D eigenvalue weighted by Crippen LogP contribution is 2.44. The van der Waals surface area contributed by atoms with E-state index in [0.29, 0.717) is 6.61 Å². The Hall–Kier alpha value is -0.890. The third-order valence-electron chi connectivity index (χ3n) is 4.04. The lowest BCUT2D eigenvalue weighted by atomic mass is 9.69. The number of carbonyl (C=O) groups excluding carboxylic acids is 1. The van der Waals surface area contributed by atoms with Crippen molar-refractivity contribution in [3.05, 3.63) is 23.3 Å². The van der Waals surface area contributed by atoms with E-state index in [1.165, 1.54) is 5.57 Å². The maximum Gasteiger partial charge on any atom is 0.195 e. The molecule has 0 bridgehead atoms. The Morgan fingerprint density at radius 1 is 1.11 bits per heavy atom. The topological polar surface area (TPSA) is 26.3 Å². The minimum Gasteiger partial charge on any atom is -0.363 e. The molecule has 0 aromatic carbocycles. The molecule has 19 heavy (non-hydrogen) atoms. The van der Waals surface area contributed by atoms with Crippen molar-refractivity contribution in [2.45, 2.75) is 60.0 Å². The molecule has 2 nitrogen and oxygen atoms in total. The second kappa shape index (κ2) is 4.31. The van der Waals surface area contributed by atoms with E-state index in [1.54, 1.807) is 0 Å². The largest absolute Gasteiger partial charge is 0.363 e. The molecule has 1 heterocycles. The minimum absolute atomic E-state index is 0.0378. The Morgan fingerprint density at radius 2 is 1.74 bits per heavy atom. The van der Waals surface area contributed by atoms with Crippen molar-refractivity contribution in [3.8, 4) is 0 Å². The molecule has 1 fully saturated rings. The number of hydrogen-bond acceptors (Lipinski definition) is 2. The van der Waals surface area contributed by atoms with Gasteiger partial charge < -0.3 is 4.74 Å². The van der Waals surface area contributed by atoms with E-state index < -0.39 is 5.60 Å². The Kier molecular flexibility index (Phi) is 3.29. The van der Waals surface area contributed by atoms with E-state index >= 15 is 0 Å². The van der Waals surface area contributed by atoms with Crippen molar-refractivity contribution >= 4 is 5.78 Å². The van der Waals surface area contributed by atoms with Gasteiger partial charge in [0.15, 0.2) is 5.78 Å². The fraction of sp³-hybridized carbons (Fsp3) is 0.706. The van der Waals surface area contributed by atoms with Crippen LogP contribution in [0.15, 0.2) is 23.3 Å². The molecule has 0 radical (unpaired) electrons. The highest BCUT2D eigenvalue weighted by molar-refractivity contribution is 6.06. The van der Waals surface area contributed by atoms with Gasteiger partial charge in [0.2, 0.25) is 0 Å². The van der Waals surface area contributed by atoms with E-state index in [-0.39, 0.29) is 16.6 Å². The SMILES string of the molecule is CC(C)(C)C1=CC2(CCCO2)C(=O)C(C(C)(C)C)=C1. The van der Waals surface area contributed by atoms with Crippen molar-refractivity contribution in [1.29, 1.82) is 0 Å². The quantitative estimate of drug-likeness (QED) is 0.658. The van der Waals surface area contributed by atoms with Crippen LogP contribution in [0.5, 0.6) is 0 Å². The fourth-order valence-corrected chi connectivity index (χ4v) is 2.75. The lowest BCUT2D eigenvalue weighted by molar-refractivity contribution is -0.131. The van der Waals surface area contributed by atoms with Crippen molar-refractivity contribution in [2.24, 2.45) is 10.8 Å². The first-order valence-electron chi connectivity index (χ1n) is 7.21. The maximum atomic E-state index is 12.8. The number of ketones is 1. The summed E-state index contributed by atoms with van der Waals surface area (Å²) >= 11 is 0. The molecule has 1 aliphatic heterocycles. The monoisotopic (exact) mass is 262 g/mol. The Bertz CT molecular complexity index is 447. The van der Waals surface area contributed by atoms with Gasteiger partial charge in [0.1, 0.15) is 5.60 Å². The molecule has 1 aliphatic carbocycles. The molecule has 2 heteroatoms. The summed E-state index contributed by atoms with van der Waals surface area (Å²) < 4.78 is 5.88. The van der Waals surface area contributed by atoms with Crippen LogP contribution >= 0.6 is 0 Å². The molecule has 2 rings (SSSR count).